The van der Waals surface area contributed by atoms with E-state index in [0.717, 1.165) is 5.56 Å². The average molecular weight is 351 g/mol. The van der Waals surface area contributed by atoms with Gasteiger partial charge in [-0.15, -0.1) is 10.2 Å². The second-order valence-corrected chi connectivity index (χ2v) is 6.02. The molecule has 0 saturated carbocycles. The van der Waals surface area contributed by atoms with E-state index in [1.807, 2.05) is 30.3 Å². The Bertz CT molecular complexity index is 956. The van der Waals surface area contributed by atoms with E-state index in [1.54, 1.807) is 19.9 Å². The summed E-state index contributed by atoms with van der Waals surface area (Å²) in [4.78, 5) is 12.1. The van der Waals surface area contributed by atoms with Crippen molar-refractivity contribution in [1.29, 1.82) is 0 Å². The Morgan fingerprint density at radius 3 is 2.65 bits per heavy atom. The molecular weight excluding hydrogens is 334 g/mol. The summed E-state index contributed by atoms with van der Waals surface area (Å²) in [6, 6.07) is 12.4. The zero-order chi connectivity index (χ0) is 18.6. The monoisotopic (exact) mass is 351 g/mol. The molecular formula is C19H17N3O4. The lowest BCUT2D eigenvalue weighted by atomic mass is 10.1. The molecule has 0 spiro atoms. The third-order valence-electron chi connectivity index (χ3n) is 3.21. The van der Waals surface area contributed by atoms with E-state index in [-0.39, 0.29) is 18.2 Å². The van der Waals surface area contributed by atoms with Crippen LogP contribution in [0.5, 0.6) is 0 Å². The summed E-state index contributed by atoms with van der Waals surface area (Å²) in [6.45, 7) is 3.19. The molecule has 0 bridgehead atoms. The van der Waals surface area contributed by atoms with Crippen LogP contribution in [-0.2, 0) is 6.54 Å². The van der Waals surface area contributed by atoms with Gasteiger partial charge in [-0.2, -0.15) is 0 Å². The molecule has 26 heavy (non-hydrogen) atoms. The number of nitrogens with one attached hydrogen (secondary N) is 1. The Hall–Kier alpha value is -3.37. The first-order valence-corrected chi connectivity index (χ1v) is 7.92. The minimum absolute atomic E-state index is 0.0735. The smallest absolute Gasteiger partial charge is 0.287 e. The van der Waals surface area contributed by atoms with Crippen LogP contribution in [0, 0.1) is 11.8 Å². The Kier molecular flexibility index (Phi) is 4.87. The maximum absolute atomic E-state index is 12.1. The highest BCUT2D eigenvalue weighted by atomic mass is 16.4. The van der Waals surface area contributed by atoms with Crippen LogP contribution in [-0.4, -0.2) is 26.8 Å². The molecule has 1 amide bonds. The van der Waals surface area contributed by atoms with Gasteiger partial charge < -0.3 is 19.3 Å². The number of benzene rings is 1. The van der Waals surface area contributed by atoms with Crippen LogP contribution >= 0.6 is 0 Å². The molecule has 7 heteroatoms. The predicted molar refractivity (Wildman–Crippen MR) is 92.8 cm³/mol. The van der Waals surface area contributed by atoms with Crippen molar-refractivity contribution in [3.63, 3.8) is 0 Å². The summed E-state index contributed by atoms with van der Waals surface area (Å²) >= 11 is 0. The fourth-order valence-corrected chi connectivity index (χ4v) is 2.01. The number of hydrogen-bond donors (Lipinski definition) is 2. The molecule has 0 aliphatic heterocycles. The standard InChI is InChI=1S/C19H17N3O4/c1-19(2,24)11-10-14-8-9-15(25-14)17(23)20-12-16-21-22-18(26-16)13-6-4-3-5-7-13/h3-9,24H,12H2,1-2H3,(H,20,23). The first kappa shape index (κ1) is 17.5. The number of aromatic nitrogens is 2. The molecule has 3 rings (SSSR count). The summed E-state index contributed by atoms with van der Waals surface area (Å²) in [7, 11) is 0. The summed E-state index contributed by atoms with van der Waals surface area (Å²) in [5.41, 5.74) is -0.331. The molecule has 0 aliphatic carbocycles. The number of rotatable bonds is 4. The van der Waals surface area contributed by atoms with Crippen molar-refractivity contribution in [1.82, 2.24) is 15.5 Å². The van der Waals surface area contributed by atoms with E-state index in [9.17, 15) is 9.90 Å². The Morgan fingerprint density at radius 2 is 1.92 bits per heavy atom. The van der Waals surface area contributed by atoms with E-state index in [4.69, 9.17) is 8.83 Å². The molecule has 2 N–H and O–H groups in total. The second kappa shape index (κ2) is 7.25. The number of nitrogens with zero attached hydrogens (tertiary/aromatic N) is 2. The van der Waals surface area contributed by atoms with Gasteiger partial charge in [0.05, 0.1) is 6.54 Å². The van der Waals surface area contributed by atoms with Gasteiger partial charge in [-0.3, -0.25) is 4.79 Å². The molecule has 7 nitrogen and oxygen atoms in total. The third-order valence-corrected chi connectivity index (χ3v) is 3.21. The maximum atomic E-state index is 12.1. The van der Waals surface area contributed by atoms with Crippen LogP contribution in [0.15, 0.2) is 51.3 Å². The van der Waals surface area contributed by atoms with Crippen molar-refractivity contribution in [2.24, 2.45) is 0 Å². The molecule has 0 aliphatic rings. The molecule has 3 aromatic rings. The molecule has 1 aromatic carbocycles. The van der Waals surface area contributed by atoms with Gasteiger partial charge in [-0.25, -0.2) is 0 Å². The van der Waals surface area contributed by atoms with E-state index >= 15 is 0 Å². The fourth-order valence-electron chi connectivity index (χ4n) is 2.01. The number of furan rings is 1. The number of carbonyl (C=O) groups excluding carboxylic acids is 1. The Balaban J connectivity index is 1.60. The minimum Gasteiger partial charge on any atom is -0.443 e. The molecule has 0 saturated heterocycles. The summed E-state index contributed by atoms with van der Waals surface area (Å²) < 4.78 is 10.9. The fraction of sp³-hybridized carbons (Fsp3) is 0.211. The van der Waals surface area contributed by atoms with Crippen LogP contribution in [0.1, 0.15) is 36.1 Å². The zero-order valence-electron chi connectivity index (χ0n) is 14.3. The molecule has 132 valence electrons. The van der Waals surface area contributed by atoms with Crippen molar-refractivity contribution in [3.05, 3.63) is 59.9 Å². The lowest BCUT2D eigenvalue weighted by Gasteiger charge is -2.05. The van der Waals surface area contributed by atoms with Crippen LogP contribution in [0.4, 0.5) is 0 Å². The molecule has 0 radical (unpaired) electrons. The molecule has 2 aromatic heterocycles. The summed E-state index contributed by atoms with van der Waals surface area (Å²) in [6.07, 6.45) is 0. The van der Waals surface area contributed by atoms with Crippen LogP contribution in [0.3, 0.4) is 0 Å². The predicted octanol–water partition coefficient (Wildman–Crippen LogP) is 2.38. The molecule has 2 heterocycles. The lowest BCUT2D eigenvalue weighted by molar-refractivity contribution is 0.0919. The number of aliphatic hydroxyl groups is 1. The van der Waals surface area contributed by atoms with E-state index in [0.29, 0.717) is 11.7 Å². The average Bonchev–Trinajstić information content (AvgIpc) is 3.28. The lowest BCUT2D eigenvalue weighted by Crippen LogP contribution is -2.22. The largest absolute Gasteiger partial charge is 0.443 e. The van der Waals surface area contributed by atoms with Gasteiger partial charge in [0.25, 0.3) is 5.91 Å². The highest BCUT2D eigenvalue weighted by Crippen LogP contribution is 2.16. The van der Waals surface area contributed by atoms with Gasteiger partial charge in [0.2, 0.25) is 11.8 Å². The van der Waals surface area contributed by atoms with Crippen molar-refractivity contribution in [2.75, 3.05) is 0 Å². The van der Waals surface area contributed by atoms with Crippen molar-refractivity contribution in [3.8, 4) is 23.3 Å². The molecule has 0 unspecified atom stereocenters. The van der Waals surface area contributed by atoms with Gasteiger partial charge in [-0.05, 0) is 44.0 Å². The van der Waals surface area contributed by atoms with Gasteiger partial charge >= 0.3 is 0 Å². The van der Waals surface area contributed by atoms with E-state index in [1.165, 1.54) is 6.07 Å². The quantitative estimate of drug-likeness (QED) is 0.700. The second-order valence-electron chi connectivity index (χ2n) is 6.02. The zero-order valence-corrected chi connectivity index (χ0v) is 14.3. The number of hydrogen-bond acceptors (Lipinski definition) is 6. The van der Waals surface area contributed by atoms with E-state index < -0.39 is 11.5 Å². The van der Waals surface area contributed by atoms with Gasteiger partial charge in [0.1, 0.15) is 5.60 Å². The van der Waals surface area contributed by atoms with E-state index in [2.05, 4.69) is 27.4 Å². The van der Waals surface area contributed by atoms with Crippen LogP contribution in [0.2, 0.25) is 0 Å². The van der Waals surface area contributed by atoms with Crippen molar-refractivity contribution in [2.45, 2.75) is 26.0 Å². The Morgan fingerprint density at radius 1 is 1.15 bits per heavy atom. The first-order chi connectivity index (χ1) is 12.4. The summed E-state index contributed by atoms with van der Waals surface area (Å²) in [5, 5.41) is 20.1. The minimum atomic E-state index is -1.14. The molecule has 0 fully saturated rings. The van der Waals surface area contributed by atoms with Crippen molar-refractivity contribution < 1.29 is 18.7 Å². The van der Waals surface area contributed by atoms with Gasteiger partial charge in [0.15, 0.2) is 11.5 Å². The summed E-state index contributed by atoms with van der Waals surface area (Å²) in [5.74, 6) is 5.92. The number of carbonyl (C=O) groups is 1. The third kappa shape index (κ3) is 4.59. The van der Waals surface area contributed by atoms with Crippen LogP contribution < -0.4 is 5.32 Å². The normalized spacial score (nSPS) is 10.9. The van der Waals surface area contributed by atoms with Gasteiger partial charge in [-0.1, -0.05) is 24.1 Å². The topological polar surface area (TPSA) is 101 Å². The Labute approximate surface area is 150 Å². The van der Waals surface area contributed by atoms with Crippen LogP contribution in [0.25, 0.3) is 11.5 Å². The van der Waals surface area contributed by atoms with Crippen molar-refractivity contribution >= 4 is 5.91 Å². The first-order valence-electron chi connectivity index (χ1n) is 7.92. The highest BCUT2D eigenvalue weighted by molar-refractivity contribution is 5.91. The van der Waals surface area contributed by atoms with Gasteiger partial charge in [0, 0.05) is 5.56 Å². The number of amides is 1. The highest BCUT2D eigenvalue weighted by Gasteiger charge is 2.14. The molecule has 0 atom stereocenters. The maximum Gasteiger partial charge on any atom is 0.287 e. The SMILES string of the molecule is CC(C)(O)C#Cc1ccc(C(=O)NCc2nnc(-c3ccccc3)o2)o1.